The molecule has 0 aliphatic rings. The zero-order valence-corrected chi connectivity index (χ0v) is 16.7. The number of urea groups is 1. The van der Waals surface area contributed by atoms with Crippen LogP contribution >= 0.6 is 0 Å². The Morgan fingerprint density at radius 1 is 0.966 bits per heavy atom. The molecule has 2 atom stereocenters. The molecule has 0 bridgehead atoms. The van der Waals surface area contributed by atoms with Crippen LogP contribution in [0.25, 0.3) is 0 Å². The van der Waals surface area contributed by atoms with Gasteiger partial charge in [-0.3, -0.25) is 0 Å². The van der Waals surface area contributed by atoms with E-state index in [0.29, 0.717) is 12.3 Å². The van der Waals surface area contributed by atoms with Gasteiger partial charge in [-0.15, -0.1) is 0 Å². The standard InChI is InChI=1S/C24H26N2O3/c1-18(23(27)20-11-7-4-8-12-20)26(2)24(28)25-21-13-15-22(16-14-21)29-17-19-9-5-3-6-10-19/h3-16,18,23,27H,17H2,1-2H3,(H,25,28)/t18-,23-/m1/s1. The number of amides is 2. The first-order valence-corrected chi connectivity index (χ1v) is 9.58. The third-order valence-corrected chi connectivity index (χ3v) is 4.88. The molecule has 150 valence electrons. The van der Waals surface area contributed by atoms with Crippen LogP contribution < -0.4 is 10.1 Å². The number of hydrogen-bond acceptors (Lipinski definition) is 3. The predicted octanol–water partition coefficient (Wildman–Crippen LogP) is 4.85. The molecule has 2 amide bonds. The lowest BCUT2D eigenvalue weighted by Crippen LogP contribution is -2.41. The van der Waals surface area contributed by atoms with Gasteiger partial charge in [0.1, 0.15) is 12.4 Å². The van der Waals surface area contributed by atoms with Crippen LogP contribution in [-0.4, -0.2) is 29.1 Å². The van der Waals surface area contributed by atoms with Gasteiger partial charge in [-0.2, -0.15) is 0 Å². The molecular formula is C24H26N2O3. The van der Waals surface area contributed by atoms with E-state index in [2.05, 4.69) is 5.32 Å². The lowest BCUT2D eigenvalue weighted by atomic mass is 10.0. The predicted molar refractivity (Wildman–Crippen MR) is 115 cm³/mol. The minimum atomic E-state index is -0.763. The van der Waals surface area contributed by atoms with Crippen molar-refractivity contribution in [2.24, 2.45) is 0 Å². The summed E-state index contributed by atoms with van der Waals surface area (Å²) in [6.07, 6.45) is -0.763. The van der Waals surface area contributed by atoms with Crippen molar-refractivity contribution in [1.29, 1.82) is 0 Å². The van der Waals surface area contributed by atoms with E-state index in [1.807, 2.05) is 79.7 Å². The average molecular weight is 390 g/mol. The fourth-order valence-corrected chi connectivity index (χ4v) is 2.91. The number of rotatable bonds is 7. The van der Waals surface area contributed by atoms with E-state index in [-0.39, 0.29) is 12.1 Å². The van der Waals surface area contributed by atoms with Crippen LogP contribution in [0.1, 0.15) is 24.2 Å². The largest absolute Gasteiger partial charge is 0.489 e. The molecule has 0 aliphatic carbocycles. The van der Waals surface area contributed by atoms with Crippen molar-refractivity contribution in [3.8, 4) is 5.75 Å². The van der Waals surface area contributed by atoms with Crippen LogP contribution in [0.15, 0.2) is 84.9 Å². The number of carbonyl (C=O) groups excluding carboxylic acids is 1. The zero-order chi connectivity index (χ0) is 20.6. The van der Waals surface area contributed by atoms with E-state index >= 15 is 0 Å². The first kappa shape index (κ1) is 20.4. The second-order valence-corrected chi connectivity index (χ2v) is 6.94. The second kappa shape index (κ2) is 9.75. The van der Waals surface area contributed by atoms with Crippen molar-refractivity contribution in [2.45, 2.75) is 25.7 Å². The summed E-state index contributed by atoms with van der Waals surface area (Å²) in [7, 11) is 1.67. The topological polar surface area (TPSA) is 61.8 Å². The lowest BCUT2D eigenvalue weighted by Gasteiger charge is -2.29. The van der Waals surface area contributed by atoms with Gasteiger partial charge >= 0.3 is 6.03 Å². The number of ether oxygens (including phenoxy) is 1. The number of aliphatic hydroxyl groups is 1. The molecule has 5 heteroatoms. The maximum Gasteiger partial charge on any atom is 0.321 e. The Bertz CT molecular complexity index is 898. The van der Waals surface area contributed by atoms with Gasteiger partial charge in [0, 0.05) is 12.7 Å². The van der Waals surface area contributed by atoms with Crippen LogP contribution in [0, 0.1) is 0 Å². The molecule has 29 heavy (non-hydrogen) atoms. The molecule has 0 saturated carbocycles. The highest BCUT2D eigenvalue weighted by Gasteiger charge is 2.24. The minimum absolute atomic E-state index is 0.287. The summed E-state index contributed by atoms with van der Waals surface area (Å²) < 4.78 is 5.76. The van der Waals surface area contributed by atoms with Crippen molar-refractivity contribution in [2.75, 3.05) is 12.4 Å². The quantitative estimate of drug-likeness (QED) is 0.606. The summed E-state index contributed by atoms with van der Waals surface area (Å²) in [5, 5.41) is 13.4. The Morgan fingerprint density at radius 3 is 2.17 bits per heavy atom. The van der Waals surface area contributed by atoms with Crippen molar-refractivity contribution < 1.29 is 14.6 Å². The average Bonchev–Trinajstić information content (AvgIpc) is 2.78. The van der Waals surface area contributed by atoms with Crippen LogP contribution in [0.4, 0.5) is 10.5 Å². The molecule has 0 aromatic heterocycles. The van der Waals surface area contributed by atoms with Crippen molar-refractivity contribution in [3.63, 3.8) is 0 Å². The number of aliphatic hydroxyl groups excluding tert-OH is 1. The third-order valence-electron chi connectivity index (χ3n) is 4.88. The van der Waals surface area contributed by atoms with E-state index in [9.17, 15) is 9.90 Å². The van der Waals surface area contributed by atoms with Crippen molar-refractivity contribution in [3.05, 3.63) is 96.1 Å². The summed E-state index contributed by atoms with van der Waals surface area (Å²) in [5.74, 6) is 0.730. The number of benzene rings is 3. The maximum atomic E-state index is 12.6. The molecule has 2 N–H and O–H groups in total. The highest BCUT2D eigenvalue weighted by Crippen LogP contribution is 2.21. The smallest absolute Gasteiger partial charge is 0.321 e. The maximum absolute atomic E-state index is 12.6. The Morgan fingerprint density at radius 2 is 1.55 bits per heavy atom. The van der Waals surface area contributed by atoms with Gasteiger partial charge in [0.2, 0.25) is 0 Å². The Kier molecular flexibility index (Phi) is 6.87. The normalized spacial score (nSPS) is 12.7. The molecule has 0 radical (unpaired) electrons. The molecule has 0 saturated heterocycles. The summed E-state index contributed by atoms with van der Waals surface area (Å²) in [4.78, 5) is 14.1. The van der Waals surface area contributed by atoms with E-state index in [1.165, 1.54) is 4.90 Å². The number of hydrogen-bond donors (Lipinski definition) is 2. The molecule has 0 spiro atoms. The fourth-order valence-electron chi connectivity index (χ4n) is 2.91. The van der Waals surface area contributed by atoms with Crippen LogP contribution in [0.2, 0.25) is 0 Å². The van der Waals surface area contributed by atoms with Gasteiger partial charge < -0.3 is 20.1 Å². The molecule has 3 aromatic rings. The zero-order valence-electron chi connectivity index (χ0n) is 16.7. The first-order valence-electron chi connectivity index (χ1n) is 9.58. The molecule has 3 rings (SSSR count). The Balaban J connectivity index is 1.54. The minimum Gasteiger partial charge on any atom is -0.489 e. The van der Waals surface area contributed by atoms with Gasteiger partial charge in [0.15, 0.2) is 0 Å². The molecule has 5 nitrogen and oxygen atoms in total. The number of anilines is 1. The van der Waals surface area contributed by atoms with Crippen LogP contribution in [0.5, 0.6) is 5.75 Å². The van der Waals surface area contributed by atoms with Gasteiger partial charge in [-0.1, -0.05) is 60.7 Å². The summed E-state index contributed by atoms with van der Waals surface area (Å²) in [6.45, 7) is 2.31. The monoisotopic (exact) mass is 390 g/mol. The summed E-state index contributed by atoms with van der Waals surface area (Å²) in [6, 6.07) is 25.8. The first-order chi connectivity index (χ1) is 14.0. The number of nitrogens with one attached hydrogen (secondary N) is 1. The number of carbonyl (C=O) groups is 1. The van der Waals surface area contributed by atoms with Gasteiger partial charge in [0.05, 0.1) is 12.1 Å². The molecule has 0 aliphatic heterocycles. The van der Waals surface area contributed by atoms with Crippen molar-refractivity contribution in [1.82, 2.24) is 4.90 Å². The lowest BCUT2D eigenvalue weighted by molar-refractivity contribution is 0.0894. The SMILES string of the molecule is C[C@H]([C@@H](O)c1ccccc1)N(C)C(=O)Nc1ccc(OCc2ccccc2)cc1. The second-order valence-electron chi connectivity index (χ2n) is 6.94. The molecule has 0 heterocycles. The highest BCUT2D eigenvalue weighted by molar-refractivity contribution is 5.89. The van der Waals surface area contributed by atoms with Gasteiger partial charge in [-0.25, -0.2) is 4.79 Å². The van der Waals surface area contributed by atoms with Gasteiger partial charge in [-0.05, 0) is 42.3 Å². The van der Waals surface area contributed by atoms with E-state index in [1.54, 1.807) is 19.2 Å². The summed E-state index contributed by atoms with van der Waals surface area (Å²) in [5.41, 5.74) is 2.53. The van der Waals surface area contributed by atoms with E-state index in [4.69, 9.17) is 4.74 Å². The molecule has 0 fully saturated rings. The van der Waals surface area contributed by atoms with E-state index < -0.39 is 6.10 Å². The Hall–Kier alpha value is -3.31. The summed E-state index contributed by atoms with van der Waals surface area (Å²) >= 11 is 0. The Labute approximate surface area is 171 Å². The fraction of sp³-hybridized carbons (Fsp3) is 0.208. The van der Waals surface area contributed by atoms with E-state index in [0.717, 1.165) is 16.9 Å². The number of nitrogens with zero attached hydrogens (tertiary/aromatic N) is 1. The van der Waals surface area contributed by atoms with Crippen molar-refractivity contribution >= 4 is 11.7 Å². The van der Waals surface area contributed by atoms with Gasteiger partial charge in [0.25, 0.3) is 0 Å². The molecular weight excluding hydrogens is 364 g/mol. The highest BCUT2D eigenvalue weighted by atomic mass is 16.5. The van der Waals surface area contributed by atoms with Crippen LogP contribution in [-0.2, 0) is 6.61 Å². The van der Waals surface area contributed by atoms with Crippen LogP contribution in [0.3, 0.4) is 0 Å². The number of likely N-dealkylation sites (N-methyl/N-ethyl adjacent to an activating group) is 1. The molecule has 3 aromatic carbocycles. The third kappa shape index (κ3) is 5.59. The molecule has 0 unspecified atom stereocenters.